The van der Waals surface area contributed by atoms with Crippen LogP contribution in [0.15, 0.2) is 0 Å². The molecule has 0 aliphatic carbocycles. The number of amides is 3. The van der Waals surface area contributed by atoms with Gasteiger partial charge in [0.1, 0.15) is 0 Å². The molecule has 0 fully saturated rings. The Bertz CT molecular complexity index is 509. The predicted octanol–water partition coefficient (Wildman–Crippen LogP) is -1.34. The van der Waals surface area contributed by atoms with Crippen molar-refractivity contribution in [3.63, 3.8) is 0 Å². The summed E-state index contributed by atoms with van der Waals surface area (Å²) in [6.45, 7) is 5.19. The lowest BCUT2D eigenvalue weighted by Gasteiger charge is -2.30. The smallest absolute Gasteiger partial charge is 0.331 e. The van der Waals surface area contributed by atoms with Gasteiger partial charge >= 0.3 is 12.0 Å². The van der Waals surface area contributed by atoms with E-state index in [0.29, 0.717) is 0 Å². The van der Waals surface area contributed by atoms with E-state index >= 15 is 0 Å². The van der Waals surface area contributed by atoms with E-state index < -0.39 is 41.3 Å². The minimum Gasteiger partial charge on any atom is -0.480 e. The number of nitrogens with one attached hydrogen (secondary N) is 2. The van der Waals surface area contributed by atoms with Gasteiger partial charge in [-0.1, -0.05) is 13.8 Å². The van der Waals surface area contributed by atoms with Crippen molar-refractivity contribution < 1.29 is 24.3 Å². The molecule has 25 heavy (non-hydrogen) atoms. The summed E-state index contributed by atoms with van der Waals surface area (Å²) in [5.41, 5.74) is 14.1. The molecule has 0 saturated carbocycles. The fourth-order valence-corrected chi connectivity index (χ4v) is 2.23. The maximum Gasteiger partial charge on any atom is 0.331 e. The van der Waals surface area contributed by atoms with Crippen LogP contribution in [0.2, 0.25) is 0 Å². The lowest BCUT2D eigenvalue weighted by Crippen LogP contribution is -2.62. The van der Waals surface area contributed by atoms with Crippen molar-refractivity contribution in [2.75, 3.05) is 6.54 Å². The molecule has 0 aromatic heterocycles. The molecule has 0 saturated heterocycles. The number of carboxylic acids is 1. The van der Waals surface area contributed by atoms with Crippen LogP contribution >= 0.6 is 0 Å². The van der Waals surface area contributed by atoms with Gasteiger partial charge in [-0.15, -0.1) is 0 Å². The molecule has 144 valence electrons. The maximum absolute atomic E-state index is 12.8. The zero-order valence-corrected chi connectivity index (χ0v) is 14.9. The summed E-state index contributed by atoms with van der Waals surface area (Å²) in [7, 11) is 0. The van der Waals surface area contributed by atoms with Crippen LogP contribution in [0.1, 0.15) is 40.0 Å². The van der Waals surface area contributed by atoms with Crippen LogP contribution in [-0.4, -0.2) is 53.0 Å². The first-order valence-electron chi connectivity index (χ1n) is 8.07. The summed E-state index contributed by atoms with van der Waals surface area (Å²) >= 11 is 0. The number of carboxylic acid groups (broad SMARTS) is 1. The Morgan fingerprint density at radius 2 is 1.72 bits per heavy atom. The summed E-state index contributed by atoms with van der Waals surface area (Å²) in [6.07, 6.45) is 0.139. The highest BCUT2D eigenvalue weighted by Crippen LogP contribution is 2.18. The Hall–Kier alpha value is -2.20. The normalized spacial score (nSPS) is 15.8. The van der Waals surface area contributed by atoms with Crippen molar-refractivity contribution >= 4 is 23.7 Å². The van der Waals surface area contributed by atoms with Crippen LogP contribution in [0.25, 0.3) is 0 Å². The molecule has 3 amide bonds. The van der Waals surface area contributed by atoms with Gasteiger partial charge in [-0.2, -0.15) is 0 Å². The largest absolute Gasteiger partial charge is 0.480 e. The highest BCUT2D eigenvalue weighted by atomic mass is 16.4. The van der Waals surface area contributed by atoms with Crippen LogP contribution in [0.4, 0.5) is 4.79 Å². The summed E-state index contributed by atoms with van der Waals surface area (Å²) in [5.74, 6) is -2.86. The quantitative estimate of drug-likeness (QED) is 0.194. The molecule has 10 heteroatoms. The number of carbonyl (C=O) groups is 4. The second-order valence-corrected chi connectivity index (χ2v) is 6.51. The number of aliphatic carboxylic acids is 1. The molecule has 0 aliphatic heterocycles. The standard InChI is InChI=1S/C15H29N5O5/c1-8(2)7-10(20-12(22)9(3)16)11(21)15(18,13(23)24)5-4-6-19-14(17)25/h8-10H,4-7,16,18H2,1-3H3,(H,20,22)(H,23,24)(H3,17,19,25)/t9?,10?,15-/m0/s1. The van der Waals surface area contributed by atoms with Gasteiger partial charge in [0.25, 0.3) is 0 Å². The van der Waals surface area contributed by atoms with Gasteiger partial charge in [-0.3, -0.25) is 9.59 Å². The average Bonchev–Trinajstić information content (AvgIpc) is 2.48. The van der Waals surface area contributed by atoms with E-state index in [4.69, 9.17) is 17.2 Å². The SMILES string of the molecule is CC(C)CC(NC(=O)C(C)N)C(=O)[C@@](N)(CCCNC(N)=O)C(=O)O. The van der Waals surface area contributed by atoms with Gasteiger partial charge < -0.3 is 32.9 Å². The second-order valence-electron chi connectivity index (χ2n) is 6.51. The lowest BCUT2D eigenvalue weighted by molar-refractivity contribution is -0.150. The van der Waals surface area contributed by atoms with Crippen molar-refractivity contribution in [2.24, 2.45) is 23.1 Å². The van der Waals surface area contributed by atoms with E-state index in [1.807, 2.05) is 13.8 Å². The van der Waals surface area contributed by atoms with Crippen LogP contribution < -0.4 is 27.8 Å². The number of nitrogens with two attached hydrogens (primary N) is 3. The van der Waals surface area contributed by atoms with Gasteiger partial charge in [-0.05, 0) is 32.1 Å². The molecular formula is C15H29N5O5. The van der Waals surface area contributed by atoms with Crippen molar-refractivity contribution in [3.8, 4) is 0 Å². The Kier molecular flexibility index (Phi) is 9.07. The third-order valence-corrected chi connectivity index (χ3v) is 3.62. The number of rotatable bonds is 11. The van der Waals surface area contributed by atoms with Crippen molar-refractivity contribution in [3.05, 3.63) is 0 Å². The molecule has 3 atom stereocenters. The van der Waals surface area contributed by atoms with Crippen LogP contribution in [-0.2, 0) is 14.4 Å². The maximum atomic E-state index is 12.8. The van der Waals surface area contributed by atoms with Crippen LogP contribution in [0.3, 0.4) is 0 Å². The van der Waals surface area contributed by atoms with Gasteiger partial charge in [0, 0.05) is 6.54 Å². The zero-order chi connectivity index (χ0) is 19.8. The molecule has 0 rings (SSSR count). The van der Waals surface area contributed by atoms with Crippen molar-refractivity contribution in [1.82, 2.24) is 10.6 Å². The predicted molar refractivity (Wildman–Crippen MR) is 91.4 cm³/mol. The number of urea groups is 1. The lowest BCUT2D eigenvalue weighted by atomic mass is 9.83. The van der Waals surface area contributed by atoms with Crippen molar-refractivity contribution in [1.29, 1.82) is 0 Å². The number of primary amides is 1. The fourth-order valence-electron chi connectivity index (χ4n) is 2.23. The molecule has 0 spiro atoms. The van der Waals surface area contributed by atoms with E-state index in [1.165, 1.54) is 6.92 Å². The topological polar surface area (TPSA) is 191 Å². The van der Waals surface area contributed by atoms with Gasteiger partial charge in [-0.25, -0.2) is 9.59 Å². The molecule has 0 radical (unpaired) electrons. The molecule has 9 N–H and O–H groups in total. The van der Waals surface area contributed by atoms with E-state index in [1.54, 1.807) is 0 Å². The Morgan fingerprint density at radius 1 is 1.16 bits per heavy atom. The van der Waals surface area contributed by atoms with Crippen LogP contribution in [0.5, 0.6) is 0 Å². The molecule has 0 aromatic rings. The number of ketones is 1. The minimum atomic E-state index is -2.19. The minimum absolute atomic E-state index is 0.0110. The number of hydrogen-bond acceptors (Lipinski definition) is 6. The van der Waals surface area contributed by atoms with E-state index in [-0.39, 0.29) is 31.7 Å². The number of carbonyl (C=O) groups excluding carboxylic acids is 3. The number of Topliss-reactive ketones (excluding diaryl/α,β-unsaturated/α-hetero) is 1. The van der Waals surface area contributed by atoms with E-state index in [0.717, 1.165) is 0 Å². The summed E-state index contributed by atoms with van der Waals surface area (Å²) < 4.78 is 0. The summed E-state index contributed by atoms with van der Waals surface area (Å²) in [4.78, 5) is 46.8. The molecule has 0 heterocycles. The van der Waals surface area contributed by atoms with Gasteiger partial charge in [0.15, 0.2) is 11.3 Å². The fraction of sp³-hybridized carbons (Fsp3) is 0.733. The number of hydrogen-bond donors (Lipinski definition) is 6. The Morgan fingerprint density at radius 3 is 2.12 bits per heavy atom. The Balaban J connectivity index is 5.27. The third kappa shape index (κ3) is 7.48. The average molecular weight is 359 g/mol. The monoisotopic (exact) mass is 359 g/mol. The zero-order valence-electron chi connectivity index (χ0n) is 14.9. The van der Waals surface area contributed by atoms with Gasteiger partial charge in [0.2, 0.25) is 5.91 Å². The first-order valence-corrected chi connectivity index (χ1v) is 8.07. The second kappa shape index (κ2) is 9.94. The van der Waals surface area contributed by atoms with Crippen LogP contribution in [0, 0.1) is 5.92 Å². The molecule has 0 aliphatic rings. The Labute approximate surface area is 146 Å². The third-order valence-electron chi connectivity index (χ3n) is 3.62. The molecule has 0 aromatic carbocycles. The van der Waals surface area contributed by atoms with Crippen molar-refractivity contribution in [2.45, 2.75) is 57.7 Å². The molecular weight excluding hydrogens is 330 g/mol. The summed E-state index contributed by atoms with van der Waals surface area (Å²) in [5, 5.41) is 14.2. The van der Waals surface area contributed by atoms with E-state index in [2.05, 4.69) is 10.6 Å². The van der Waals surface area contributed by atoms with Gasteiger partial charge in [0.05, 0.1) is 12.1 Å². The first kappa shape index (κ1) is 22.8. The molecule has 0 bridgehead atoms. The molecule has 10 nitrogen and oxygen atoms in total. The van der Waals surface area contributed by atoms with E-state index in [9.17, 15) is 24.3 Å². The molecule has 2 unspecified atom stereocenters. The highest BCUT2D eigenvalue weighted by Gasteiger charge is 2.45. The summed E-state index contributed by atoms with van der Waals surface area (Å²) in [6, 6.07) is -2.67. The first-order chi connectivity index (χ1) is 11.4. The highest BCUT2D eigenvalue weighted by molar-refractivity contribution is 6.10.